The van der Waals surface area contributed by atoms with Crippen LogP contribution in [-0.4, -0.2) is 45.9 Å². The summed E-state index contributed by atoms with van der Waals surface area (Å²) in [6, 6.07) is 0.302. The van der Waals surface area contributed by atoms with E-state index >= 15 is 0 Å². The standard InChI is InChI=1S/C12H21N5O2/c1-3-7-19-11-15-9(13-2)14-10(16-11)17-12(8-18)5-4-6-12/h18H,3-8H2,1-2H3,(H2,13,14,15,16,17). The third-order valence-electron chi connectivity index (χ3n) is 3.26. The topological polar surface area (TPSA) is 92.2 Å². The SMILES string of the molecule is CCCOc1nc(NC)nc(NC2(CO)CCC2)n1. The van der Waals surface area contributed by atoms with Gasteiger partial charge in [-0.2, -0.15) is 15.0 Å². The Morgan fingerprint density at radius 2 is 2.00 bits per heavy atom. The van der Waals surface area contributed by atoms with Crippen LogP contribution in [-0.2, 0) is 0 Å². The summed E-state index contributed by atoms with van der Waals surface area (Å²) in [5.41, 5.74) is -0.283. The second-order valence-electron chi connectivity index (χ2n) is 4.78. The Hall–Kier alpha value is -1.63. The molecule has 0 unspecified atom stereocenters. The Bertz CT molecular complexity index is 417. The van der Waals surface area contributed by atoms with Gasteiger partial charge in [0, 0.05) is 7.05 Å². The Labute approximate surface area is 112 Å². The van der Waals surface area contributed by atoms with Gasteiger partial charge in [-0.25, -0.2) is 0 Å². The highest BCUT2D eigenvalue weighted by Crippen LogP contribution is 2.34. The van der Waals surface area contributed by atoms with Crippen molar-refractivity contribution in [2.45, 2.75) is 38.1 Å². The summed E-state index contributed by atoms with van der Waals surface area (Å²) >= 11 is 0. The van der Waals surface area contributed by atoms with E-state index in [0.717, 1.165) is 25.7 Å². The van der Waals surface area contributed by atoms with E-state index in [4.69, 9.17) is 4.74 Å². The van der Waals surface area contributed by atoms with Gasteiger partial charge in [0.2, 0.25) is 11.9 Å². The van der Waals surface area contributed by atoms with Gasteiger partial charge < -0.3 is 20.5 Å². The van der Waals surface area contributed by atoms with Gasteiger partial charge in [0.25, 0.3) is 0 Å². The predicted molar refractivity (Wildman–Crippen MR) is 72.5 cm³/mol. The zero-order valence-electron chi connectivity index (χ0n) is 11.4. The van der Waals surface area contributed by atoms with E-state index in [1.165, 1.54) is 0 Å². The summed E-state index contributed by atoms with van der Waals surface area (Å²) in [5, 5.41) is 15.5. The van der Waals surface area contributed by atoms with Crippen LogP contribution in [0.3, 0.4) is 0 Å². The first-order valence-corrected chi connectivity index (χ1v) is 6.67. The number of aliphatic hydroxyl groups is 1. The van der Waals surface area contributed by atoms with Crippen LogP contribution < -0.4 is 15.4 Å². The third kappa shape index (κ3) is 3.23. The summed E-state index contributed by atoms with van der Waals surface area (Å²) in [4.78, 5) is 12.6. The van der Waals surface area contributed by atoms with Crippen molar-refractivity contribution in [1.29, 1.82) is 0 Å². The van der Waals surface area contributed by atoms with Gasteiger partial charge >= 0.3 is 6.01 Å². The fourth-order valence-corrected chi connectivity index (χ4v) is 1.95. The fourth-order valence-electron chi connectivity index (χ4n) is 1.95. The lowest BCUT2D eigenvalue weighted by molar-refractivity contribution is 0.143. The first kappa shape index (κ1) is 13.8. The maximum Gasteiger partial charge on any atom is 0.323 e. The van der Waals surface area contributed by atoms with E-state index in [1.54, 1.807) is 7.05 Å². The molecule has 3 N–H and O–H groups in total. The maximum atomic E-state index is 9.45. The first-order valence-electron chi connectivity index (χ1n) is 6.67. The number of anilines is 2. The highest BCUT2D eigenvalue weighted by molar-refractivity contribution is 5.38. The first-order chi connectivity index (χ1) is 9.21. The van der Waals surface area contributed by atoms with Crippen molar-refractivity contribution >= 4 is 11.9 Å². The Morgan fingerprint density at radius 1 is 1.26 bits per heavy atom. The van der Waals surface area contributed by atoms with E-state index < -0.39 is 0 Å². The third-order valence-corrected chi connectivity index (χ3v) is 3.26. The van der Waals surface area contributed by atoms with E-state index in [1.807, 2.05) is 6.92 Å². The van der Waals surface area contributed by atoms with Gasteiger partial charge in [0.05, 0.1) is 18.8 Å². The largest absolute Gasteiger partial charge is 0.463 e. The van der Waals surface area contributed by atoms with Crippen molar-refractivity contribution in [2.75, 3.05) is 30.9 Å². The van der Waals surface area contributed by atoms with Crippen LogP contribution in [0.2, 0.25) is 0 Å². The summed E-state index contributed by atoms with van der Waals surface area (Å²) in [6.45, 7) is 2.67. The average Bonchev–Trinajstić information content (AvgIpc) is 2.40. The van der Waals surface area contributed by atoms with Crippen LogP contribution >= 0.6 is 0 Å². The normalized spacial score (nSPS) is 16.6. The summed E-state index contributed by atoms with van der Waals surface area (Å²) in [7, 11) is 1.74. The Balaban J connectivity index is 2.14. The lowest BCUT2D eigenvalue weighted by atomic mass is 9.77. The zero-order chi connectivity index (χ0) is 13.7. The molecule has 1 aliphatic carbocycles. The smallest absolute Gasteiger partial charge is 0.323 e. The molecule has 0 aromatic carbocycles. The molecule has 1 aromatic heterocycles. The molecular weight excluding hydrogens is 246 g/mol. The minimum atomic E-state index is -0.283. The molecule has 0 radical (unpaired) electrons. The highest BCUT2D eigenvalue weighted by atomic mass is 16.5. The van der Waals surface area contributed by atoms with Gasteiger partial charge in [0.15, 0.2) is 0 Å². The number of hydrogen-bond donors (Lipinski definition) is 3. The van der Waals surface area contributed by atoms with Crippen molar-refractivity contribution in [2.24, 2.45) is 0 Å². The van der Waals surface area contributed by atoms with Crippen LogP contribution in [0.25, 0.3) is 0 Å². The molecular formula is C12H21N5O2. The van der Waals surface area contributed by atoms with Crippen LogP contribution in [0, 0.1) is 0 Å². The monoisotopic (exact) mass is 267 g/mol. The van der Waals surface area contributed by atoms with E-state index in [-0.39, 0.29) is 12.1 Å². The lowest BCUT2D eigenvalue weighted by Gasteiger charge is -2.40. The van der Waals surface area contributed by atoms with Crippen molar-refractivity contribution in [3.63, 3.8) is 0 Å². The number of nitrogens with one attached hydrogen (secondary N) is 2. The van der Waals surface area contributed by atoms with Crippen molar-refractivity contribution < 1.29 is 9.84 Å². The van der Waals surface area contributed by atoms with E-state index in [2.05, 4.69) is 25.6 Å². The molecule has 19 heavy (non-hydrogen) atoms. The van der Waals surface area contributed by atoms with Crippen LogP contribution in [0.5, 0.6) is 6.01 Å². The summed E-state index contributed by atoms with van der Waals surface area (Å²) in [6.07, 6.45) is 3.85. The molecule has 1 aliphatic rings. The van der Waals surface area contributed by atoms with Crippen molar-refractivity contribution in [3.05, 3.63) is 0 Å². The van der Waals surface area contributed by atoms with Crippen molar-refractivity contribution in [1.82, 2.24) is 15.0 Å². The molecule has 7 nitrogen and oxygen atoms in total. The number of rotatable bonds is 7. The maximum absolute atomic E-state index is 9.45. The van der Waals surface area contributed by atoms with Gasteiger partial charge in [-0.05, 0) is 25.7 Å². The van der Waals surface area contributed by atoms with E-state index in [9.17, 15) is 5.11 Å². The number of nitrogens with zero attached hydrogens (tertiary/aromatic N) is 3. The van der Waals surface area contributed by atoms with Gasteiger partial charge in [0.1, 0.15) is 0 Å². The zero-order valence-corrected chi connectivity index (χ0v) is 11.4. The second-order valence-corrected chi connectivity index (χ2v) is 4.78. The van der Waals surface area contributed by atoms with Gasteiger partial charge in [-0.3, -0.25) is 0 Å². The predicted octanol–water partition coefficient (Wildman–Crippen LogP) is 1.03. The van der Waals surface area contributed by atoms with Crippen LogP contribution in [0.4, 0.5) is 11.9 Å². The highest BCUT2D eigenvalue weighted by Gasteiger charge is 2.37. The molecule has 1 aromatic rings. The molecule has 0 amide bonds. The number of aliphatic hydroxyl groups excluding tert-OH is 1. The molecule has 1 fully saturated rings. The fraction of sp³-hybridized carbons (Fsp3) is 0.750. The van der Waals surface area contributed by atoms with Crippen molar-refractivity contribution in [3.8, 4) is 6.01 Å². The Kier molecular flexibility index (Phi) is 4.36. The van der Waals surface area contributed by atoms with Gasteiger partial charge in [-0.1, -0.05) is 6.92 Å². The summed E-state index contributed by atoms with van der Waals surface area (Å²) < 4.78 is 5.43. The lowest BCUT2D eigenvalue weighted by Crippen LogP contribution is -2.48. The quantitative estimate of drug-likeness (QED) is 0.679. The molecule has 0 aliphatic heterocycles. The number of hydrogen-bond acceptors (Lipinski definition) is 7. The molecule has 0 saturated heterocycles. The van der Waals surface area contributed by atoms with E-state index in [0.29, 0.717) is 24.5 Å². The molecule has 7 heteroatoms. The molecule has 0 atom stereocenters. The van der Waals surface area contributed by atoms with Gasteiger partial charge in [-0.15, -0.1) is 0 Å². The molecule has 0 spiro atoms. The number of aromatic nitrogens is 3. The Morgan fingerprint density at radius 3 is 2.53 bits per heavy atom. The van der Waals surface area contributed by atoms with Crippen LogP contribution in [0.15, 0.2) is 0 Å². The van der Waals surface area contributed by atoms with Crippen LogP contribution in [0.1, 0.15) is 32.6 Å². The molecule has 1 heterocycles. The summed E-state index contributed by atoms with van der Waals surface area (Å²) in [5.74, 6) is 0.898. The molecule has 106 valence electrons. The average molecular weight is 267 g/mol. The molecule has 1 saturated carbocycles. The minimum absolute atomic E-state index is 0.0821. The minimum Gasteiger partial charge on any atom is -0.463 e. The number of ether oxygens (including phenoxy) is 1. The molecule has 0 bridgehead atoms. The molecule has 2 rings (SSSR count). The second kappa shape index (κ2) is 6.01.